The van der Waals surface area contributed by atoms with E-state index >= 15 is 0 Å². The number of likely N-dealkylation sites (N-methyl/N-ethyl adjacent to an activating group) is 1. The zero-order chi connectivity index (χ0) is 9.84. The van der Waals surface area contributed by atoms with Crippen molar-refractivity contribution in [2.45, 2.75) is 33.2 Å². The molecule has 3 heteroatoms. The number of hydrogen-bond acceptors (Lipinski definition) is 2. The van der Waals surface area contributed by atoms with Crippen LogP contribution in [0.25, 0.3) is 0 Å². The molecule has 0 spiro atoms. The van der Waals surface area contributed by atoms with E-state index in [0.717, 1.165) is 12.0 Å². The van der Waals surface area contributed by atoms with Gasteiger partial charge in [-0.3, -0.25) is 7.05 Å². The summed E-state index contributed by atoms with van der Waals surface area (Å²) in [5.74, 6) is 0.948. The zero-order valence-corrected chi connectivity index (χ0v) is 12.3. The zero-order valence-electron chi connectivity index (χ0n) is 9.41. The van der Waals surface area contributed by atoms with E-state index < -0.39 is 0 Å². The van der Waals surface area contributed by atoms with Gasteiger partial charge >= 0.3 is 21.1 Å². The largest absolute Gasteiger partial charge is 2.00 e. The Morgan fingerprint density at radius 1 is 1.13 bits per heavy atom. The van der Waals surface area contributed by atoms with E-state index in [-0.39, 0.29) is 28.5 Å². The third-order valence-corrected chi connectivity index (χ3v) is 3.18. The Morgan fingerprint density at radius 2 is 1.67 bits per heavy atom. The van der Waals surface area contributed by atoms with Crippen LogP contribution in [0.3, 0.4) is 0 Å². The van der Waals surface area contributed by atoms with Crippen molar-refractivity contribution in [3.8, 4) is 0 Å². The molecule has 0 bridgehead atoms. The Morgan fingerprint density at radius 3 is 2.27 bits per heavy atom. The van der Waals surface area contributed by atoms with E-state index in [1.54, 1.807) is 6.92 Å². The van der Waals surface area contributed by atoms with E-state index in [4.69, 9.17) is 0 Å². The molecule has 0 N–H and O–H groups in total. The second kappa shape index (κ2) is 8.73. The smallest absolute Gasteiger partial charge is 0.455 e. The summed E-state index contributed by atoms with van der Waals surface area (Å²) in [6, 6.07) is 0.758. The van der Waals surface area contributed by atoms with E-state index in [0.29, 0.717) is 0 Å². The Balaban J connectivity index is 0. The van der Waals surface area contributed by atoms with Crippen LogP contribution in [0.1, 0.15) is 27.2 Å². The minimum Gasteiger partial charge on any atom is -0.455 e. The van der Waals surface area contributed by atoms with Crippen LogP contribution >= 0.6 is 0 Å². The fraction of sp³-hybridized carbons (Fsp3) is 0.833. The van der Waals surface area contributed by atoms with E-state index in [9.17, 15) is 0 Å². The van der Waals surface area contributed by atoms with Gasteiger partial charge in [0, 0.05) is 6.54 Å². The van der Waals surface area contributed by atoms with E-state index in [2.05, 4.69) is 30.8 Å². The number of piperidine rings is 1. The molecule has 0 radical (unpaired) electrons. The molecule has 90 valence electrons. The van der Waals surface area contributed by atoms with Gasteiger partial charge < -0.3 is 16.7 Å². The molecule has 0 saturated carbocycles. The Hall–Kier alpha value is 0.608. The summed E-state index contributed by atoms with van der Waals surface area (Å²) < 4.78 is 0. The minimum atomic E-state index is 0. The summed E-state index contributed by atoms with van der Waals surface area (Å²) in [4.78, 5) is 4.70. The van der Waals surface area contributed by atoms with Crippen LogP contribution in [0.2, 0.25) is 0 Å². The molecule has 0 amide bonds. The molecule has 0 aromatic heterocycles. The van der Waals surface area contributed by atoms with Crippen LogP contribution in [-0.2, 0) is 21.1 Å². The quantitative estimate of drug-likeness (QED) is 0.594. The van der Waals surface area contributed by atoms with Crippen molar-refractivity contribution in [2.24, 2.45) is 5.92 Å². The maximum absolute atomic E-state index is 4.06. The van der Waals surface area contributed by atoms with Crippen LogP contribution < -0.4 is 0 Å². The summed E-state index contributed by atoms with van der Waals surface area (Å²) >= 11 is 0. The second-order valence-electron chi connectivity index (χ2n) is 3.98. The maximum atomic E-state index is 4.06. The third kappa shape index (κ3) is 4.54. The van der Waals surface area contributed by atoms with Gasteiger partial charge in [-0.2, -0.15) is 6.92 Å². The summed E-state index contributed by atoms with van der Waals surface area (Å²) in [5, 5.41) is 0. The molecule has 2 nitrogen and oxygen atoms in total. The van der Waals surface area contributed by atoms with Gasteiger partial charge in [-0.25, -0.2) is 0 Å². The Bertz CT molecular complexity index is 153. The number of likely N-dealkylation sites (tertiary alicyclic amines) is 2. The molecule has 0 aromatic rings. The summed E-state index contributed by atoms with van der Waals surface area (Å²) in [7, 11) is 6.27. The van der Waals surface area contributed by atoms with Gasteiger partial charge in [0.2, 0.25) is 0 Å². The number of fused-ring (bicyclic) bond motifs is 1. The van der Waals surface area contributed by atoms with Gasteiger partial charge in [-0.05, 0) is 44.9 Å². The standard InChI is InChI=1S/C9H17N2.C2H5.CH4.W/c1-10-5-3-8-4-6-11(2)9(8)7-10;1-2;;/h8-9H,2-7H2,1H3;1H2,2H3;1H4;/q2*-1;;+2/t8-,9-;;;/m0.../s1. The van der Waals surface area contributed by atoms with E-state index in [1.165, 1.54) is 32.5 Å². The van der Waals surface area contributed by atoms with Crippen molar-refractivity contribution in [2.75, 3.05) is 26.7 Å². The summed E-state index contributed by atoms with van der Waals surface area (Å²) in [6.45, 7) is 8.73. The molecule has 0 aromatic carbocycles. The molecule has 2 rings (SSSR count). The van der Waals surface area contributed by atoms with Crippen molar-refractivity contribution in [1.29, 1.82) is 0 Å². The van der Waals surface area contributed by atoms with Crippen molar-refractivity contribution in [3.63, 3.8) is 0 Å². The van der Waals surface area contributed by atoms with Gasteiger partial charge in [-0.1, -0.05) is 7.43 Å². The summed E-state index contributed by atoms with van der Waals surface area (Å²) in [5.41, 5.74) is 0. The van der Waals surface area contributed by atoms with Gasteiger partial charge in [0.25, 0.3) is 0 Å². The Labute approximate surface area is 111 Å². The monoisotopic (exact) mass is 382 g/mol. The normalized spacial score (nSPS) is 30.4. The fourth-order valence-corrected chi connectivity index (χ4v) is 2.39. The minimum absolute atomic E-state index is 0. The Kier molecular flexibility index (Phi) is 10.5. The topological polar surface area (TPSA) is 6.48 Å². The van der Waals surface area contributed by atoms with Gasteiger partial charge in [0.15, 0.2) is 0 Å². The van der Waals surface area contributed by atoms with Crippen molar-refractivity contribution in [3.05, 3.63) is 14.0 Å². The van der Waals surface area contributed by atoms with Gasteiger partial charge in [-0.15, -0.1) is 0 Å². The first-order valence-corrected chi connectivity index (χ1v) is 5.24. The van der Waals surface area contributed by atoms with Crippen LogP contribution in [0.15, 0.2) is 0 Å². The van der Waals surface area contributed by atoms with Gasteiger partial charge in [0.1, 0.15) is 0 Å². The summed E-state index contributed by atoms with van der Waals surface area (Å²) in [6.07, 6.45) is 2.76. The number of rotatable bonds is 0. The first kappa shape index (κ1) is 18.0. The molecule has 2 heterocycles. The second-order valence-corrected chi connectivity index (χ2v) is 3.98. The van der Waals surface area contributed by atoms with Crippen LogP contribution in [0.4, 0.5) is 0 Å². The molecule has 2 atom stereocenters. The molecular weight excluding hydrogens is 356 g/mol. The first-order chi connectivity index (χ1) is 6.27. The molecular formula is C12H26N2W. The fourth-order valence-electron chi connectivity index (χ4n) is 2.39. The molecule has 2 saturated heterocycles. The molecule has 0 unspecified atom stereocenters. The van der Waals surface area contributed by atoms with Gasteiger partial charge in [0.05, 0.1) is 0 Å². The van der Waals surface area contributed by atoms with Crippen LogP contribution in [-0.4, -0.2) is 42.5 Å². The SMILES string of the molecule is C.[CH2-]C.[CH2-]N1CC[C@@H]2CCN(C)C[C@@H]21.[W+2]. The van der Waals surface area contributed by atoms with Crippen LogP contribution in [0, 0.1) is 19.9 Å². The average molecular weight is 382 g/mol. The number of nitrogens with zero attached hydrogens (tertiary/aromatic N) is 2. The molecule has 0 aliphatic carbocycles. The first-order valence-electron chi connectivity index (χ1n) is 5.24. The predicted molar refractivity (Wildman–Crippen MR) is 63.8 cm³/mol. The van der Waals surface area contributed by atoms with E-state index in [1.807, 2.05) is 0 Å². The number of hydrogen-bond donors (Lipinski definition) is 0. The third-order valence-electron chi connectivity index (χ3n) is 3.18. The molecule has 2 fully saturated rings. The molecule has 2 aliphatic heterocycles. The average Bonchev–Trinajstić information content (AvgIpc) is 2.52. The van der Waals surface area contributed by atoms with Crippen molar-refractivity contribution >= 4 is 0 Å². The van der Waals surface area contributed by atoms with Crippen molar-refractivity contribution in [1.82, 2.24) is 9.80 Å². The predicted octanol–water partition coefficient (Wildman–Crippen LogP) is 2.28. The maximum Gasteiger partial charge on any atom is 2.00 e. The van der Waals surface area contributed by atoms with Crippen molar-refractivity contribution < 1.29 is 21.1 Å². The molecule has 15 heavy (non-hydrogen) atoms. The van der Waals surface area contributed by atoms with Crippen LogP contribution in [0.5, 0.6) is 0 Å². The molecule has 2 aliphatic rings.